The molecule has 1 saturated heterocycles. The fourth-order valence-corrected chi connectivity index (χ4v) is 2.95. The van der Waals surface area contributed by atoms with Gasteiger partial charge < -0.3 is 15.0 Å². The summed E-state index contributed by atoms with van der Waals surface area (Å²) in [4.78, 5) is 7.88. The zero-order valence-electron chi connectivity index (χ0n) is 10.7. The van der Waals surface area contributed by atoms with E-state index in [2.05, 4.69) is 31.2 Å². The summed E-state index contributed by atoms with van der Waals surface area (Å²) in [5.74, 6) is 1.86. The van der Waals surface area contributed by atoms with Crippen LogP contribution >= 0.6 is 15.9 Å². The maximum absolute atomic E-state index is 5.24. The summed E-state index contributed by atoms with van der Waals surface area (Å²) in [6, 6.07) is 6.39. The predicted molar refractivity (Wildman–Crippen MR) is 78.3 cm³/mol. The minimum Gasteiger partial charge on any atom is -0.496 e. The fourth-order valence-electron chi connectivity index (χ4n) is 2.41. The van der Waals surface area contributed by atoms with E-state index in [1.54, 1.807) is 7.11 Å². The number of benzene rings is 1. The van der Waals surface area contributed by atoms with Crippen molar-refractivity contribution in [3.05, 3.63) is 34.7 Å². The van der Waals surface area contributed by atoms with Crippen molar-refractivity contribution in [2.75, 3.05) is 13.7 Å². The van der Waals surface area contributed by atoms with Crippen molar-refractivity contribution in [1.29, 1.82) is 0 Å². The molecule has 4 nitrogen and oxygen atoms in total. The van der Waals surface area contributed by atoms with Gasteiger partial charge in [0.25, 0.3) is 0 Å². The Bertz CT molecular complexity index is 576. The van der Waals surface area contributed by atoms with E-state index < -0.39 is 0 Å². The van der Waals surface area contributed by atoms with Gasteiger partial charge in [0.05, 0.1) is 29.5 Å². The predicted octanol–water partition coefficient (Wildman–Crippen LogP) is 3.27. The molecule has 2 N–H and O–H groups in total. The number of methoxy groups -OCH3 is 1. The second kappa shape index (κ2) is 5.35. The molecule has 2 heterocycles. The SMILES string of the molecule is COc1ccc(-c2cnc(C3CCCN3)[nH]2)cc1Br. The zero-order chi connectivity index (χ0) is 13.2. The third-order valence-corrected chi connectivity index (χ3v) is 4.07. The summed E-state index contributed by atoms with van der Waals surface area (Å²) in [5, 5.41) is 3.44. The van der Waals surface area contributed by atoms with Gasteiger partial charge in [0.1, 0.15) is 11.6 Å². The Hall–Kier alpha value is -1.33. The van der Waals surface area contributed by atoms with E-state index in [1.165, 1.54) is 6.42 Å². The molecule has 1 aliphatic heterocycles. The number of H-pyrrole nitrogens is 1. The van der Waals surface area contributed by atoms with Crippen molar-refractivity contribution in [1.82, 2.24) is 15.3 Å². The number of hydrogen-bond acceptors (Lipinski definition) is 3. The van der Waals surface area contributed by atoms with Crippen LogP contribution in [0.1, 0.15) is 24.7 Å². The van der Waals surface area contributed by atoms with Crippen molar-refractivity contribution >= 4 is 15.9 Å². The number of imidazole rings is 1. The molecule has 0 saturated carbocycles. The van der Waals surface area contributed by atoms with Gasteiger partial charge >= 0.3 is 0 Å². The number of aromatic nitrogens is 2. The first-order chi connectivity index (χ1) is 9.28. The first kappa shape index (κ1) is 12.7. The van der Waals surface area contributed by atoms with Crippen molar-refractivity contribution in [3.8, 4) is 17.0 Å². The van der Waals surface area contributed by atoms with Crippen LogP contribution in [0.5, 0.6) is 5.75 Å². The van der Waals surface area contributed by atoms with E-state index in [0.29, 0.717) is 6.04 Å². The highest BCUT2D eigenvalue weighted by atomic mass is 79.9. The summed E-state index contributed by atoms with van der Waals surface area (Å²) >= 11 is 3.51. The van der Waals surface area contributed by atoms with Gasteiger partial charge in [-0.05, 0) is 53.5 Å². The quantitative estimate of drug-likeness (QED) is 0.912. The van der Waals surface area contributed by atoms with E-state index in [4.69, 9.17) is 4.74 Å². The van der Waals surface area contributed by atoms with Crippen LogP contribution in [0.2, 0.25) is 0 Å². The Balaban J connectivity index is 1.87. The van der Waals surface area contributed by atoms with Gasteiger partial charge in [-0.25, -0.2) is 4.98 Å². The Kier molecular flexibility index (Phi) is 3.57. The monoisotopic (exact) mass is 321 g/mol. The lowest BCUT2D eigenvalue weighted by atomic mass is 10.1. The average Bonchev–Trinajstić information content (AvgIpc) is 3.09. The first-order valence-electron chi connectivity index (χ1n) is 6.40. The van der Waals surface area contributed by atoms with E-state index >= 15 is 0 Å². The smallest absolute Gasteiger partial charge is 0.133 e. The molecule has 1 unspecified atom stereocenters. The number of nitrogens with zero attached hydrogens (tertiary/aromatic N) is 1. The number of nitrogens with one attached hydrogen (secondary N) is 2. The molecule has 100 valence electrons. The van der Waals surface area contributed by atoms with Gasteiger partial charge in [0.2, 0.25) is 0 Å². The Labute approximate surface area is 120 Å². The number of rotatable bonds is 3. The van der Waals surface area contributed by atoms with Crippen LogP contribution < -0.4 is 10.1 Å². The number of hydrogen-bond donors (Lipinski definition) is 2. The minimum atomic E-state index is 0.371. The second-order valence-electron chi connectivity index (χ2n) is 4.68. The third-order valence-electron chi connectivity index (χ3n) is 3.45. The van der Waals surface area contributed by atoms with E-state index in [9.17, 15) is 0 Å². The highest BCUT2D eigenvalue weighted by molar-refractivity contribution is 9.10. The lowest BCUT2D eigenvalue weighted by molar-refractivity contribution is 0.412. The highest BCUT2D eigenvalue weighted by Crippen LogP contribution is 2.30. The molecule has 0 amide bonds. The molecule has 1 aromatic carbocycles. The van der Waals surface area contributed by atoms with Gasteiger partial charge in [-0.2, -0.15) is 0 Å². The van der Waals surface area contributed by atoms with Crippen LogP contribution in [0, 0.1) is 0 Å². The normalized spacial score (nSPS) is 18.7. The topological polar surface area (TPSA) is 49.9 Å². The van der Waals surface area contributed by atoms with Crippen molar-refractivity contribution < 1.29 is 4.74 Å². The van der Waals surface area contributed by atoms with Crippen LogP contribution in [-0.4, -0.2) is 23.6 Å². The molecule has 5 heteroatoms. The summed E-state index contributed by atoms with van der Waals surface area (Å²) in [5.41, 5.74) is 2.14. The standard InChI is InChI=1S/C14H16BrN3O/c1-19-13-5-4-9(7-10(13)15)12-8-17-14(18-12)11-3-2-6-16-11/h4-5,7-8,11,16H,2-3,6H2,1H3,(H,17,18). The maximum atomic E-state index is 5.24. The summed E-state index contributed by atoms with van der Waals surface area (Å²) in [6.07, 6.45) is 4.26. The van der Waals surface area contributed by atoms with Crippen LogP contribution in [0.3, 0.4) is 0 Å². The van der Waals surface area contributed by atoms with Gasteiger partial charge in [0, 0.05) is 5.56 Å². The van der Waals surface area contributed by atoms with Gasteiger partial charge in [-0.3, -0.25) is 0 Å². The van der Waals surface area contributed by atoms with Crippen LogP contribution in [-0.2, 0) is 0 Å². The molecular formula is C14H16BrN3O. The van der Waals surface area contributed by atoms with Crippen molar-refractivity contribution in [3.63, 3.8) is 0 Å². The summed E-state index contributed by atoms with van der Waals surface area (Å²) in [7, 11) is 1.67. The molecule has 0 spiro atoms. The van der Waals surface area contributed by atoms with E-state index in [0.717, 1.165) is 40.3 Å². The zero-order valence-corrected chi connectivity index (χ0v) is 12.3. The van der Waals surface area contributed by atoms with Gasteiger partial charge in [0.15, 0.2) is 0 Å². The summed E-state index contributed by atoms with van der Waals surface area (Å²) in [6.45, 7) is 1.08. The van der Waals surface area contributed by atoms with Crippen molar-refractivity contribution in [2.24, 2.45) is 0 Å². The Morgan fingerprint density at radius 3 is 3.00 bits per heavy atom. The second-order valence-corrected chi connectivity index (χ2v) is 5.53. The molecule has 1 fully saturated rings. The molecule has 0 radical (unpaired) electrons. The van der Waals surface area contributed by atoms with Crippen LogP contribution in [0.15, 0.2) is 28.9 Å². The first-order valence-corrected chi connectivity index (χ1v) is 7.19. The van der Waals surface area contributed by atoms with Gasteiger partial charge in [-0.15, -0.1) is 0 Å². The Morgan fingerprint density at radius 2 is 2.32 bits per heavy atom. The number of aromatic amines is 1. The van der Waals surface area contributed by atoms with Gasteiger partial charge in [-0.1, -0.05) is 0 Å². The molecule has 2 aromatic rings. The molecule has 1 aliphatic rings. The Morgan fingerprint density at radius 1 is 1.42 bits per heavy atom. The minimum absolute atomic E-state index is 0.371. The molecule has 1 atom stereocenters. The van der Waals surface area contributed by atoms with E-state index in [-0.39, 0.29) is 0 Å². The molecule has 1 aromatic heterocycles. The molecule has 19 heavy (non-hydrogen) atoms. The van der Waals surface area contributed by atoms with Crippen molar-refractivity contribution in [2.45, 2.75) is 18.9 Å². The third kappa shape index (κ3) is 2.53. The summed E-state index contributed by atoms with van der Waals surface area (Å²) < 4.78 is 6.19. The van der Waals surface area contributed by atoms with Crippen LogP contribution in [0.25, 0.3) is 11.3 Å². The lowest BCUT2D eigenvalue weighted by Crippen LogP contribution is -2.14. The molecule has 0 bridgehead atoms. The largest absolute Gasteiger partial charge is 0.496 e. The lowest BCUT2D eigenvalue weighted by Gasteiger charge is -2.06. The number of ether oxygens (including phenoxy) is 1. The molecular weight excluding hydrogens is 306 g/mol. The maximum Gasteiger partial charge on any atom is 0.133 e. The van der Waals surface area contributed by atoms with Crippen LogP contribution in [0.4, 0.5) is 0 Å². The number of halogens is 1. The highest BCUT2D eigenvalue weighted by Gasteiger charge is 2.19. The average molecular weight is 322 g/mol. The fraction of sp³-hybridized carbons (Fsp3) is 0.357. The van der Waals surface area contributed by atoms with E-state index in [1.807, 2.05) is 24.4 Å². The molecule has 0 aliphatic carbocycles. The molecule has 3 rings (SSSR count).